The van der Waals surface area contributed by atoms with Crippen LogP contribution in [-0.2, 0) is 17.9 Å². The lowest BCUT2D eigenvalue weighted by Gasteiger charge is -2.21. The fourth-order valence-corrected chi connectivity index (χ4v) is 3.16. The van der Waals surface area contributed by atoms with Crippen LogP contribution in [0.25, 0.3) is 0 Å². The predicted octanol–water partition coefficient (Wildman–Crippen LogP) is 2.47. The Morgan fingerprint density at radius 1 is 1.26 bits per heavy atom. The van der Waals surface area contributed by atoms with E-state index < -0.39 is 0 Å². The third-order valence-corrected chi connectivity index (χ3v) is 4.42. The summed E-state index contributed by atoms with van der Waals surface area (Å²) in [7, 11) is 0. The van der Waals surface area contributed by atoms with Gasteiger partial charge in [0.05, 0.1) is 13.1 Å². The van der Waals surface area contributed by atoms with Gasteiger partial charge in [-0.15, -0.1) is 11.3 Å². The number of thiophene rings is 1. The van der Waals surface area contributed by atoms with E-state index in [2.05, 4.69) is 25.6 Å². The second-order valence-corrected chi connectivity index (χ2v) is 6.78. The molecule has 1 aromatic carbocycles. The SMILES string of the molecule is C=CC[NH2+]CC(=O)N(Cc1ccc(F)cc1)Cc1ccc(C)s1. The van der Waals surface area contributed by atoms with E-state index >= 15 is 0 Å². The molecule has 2 N–H and O–H groups in total. The predicted molar refractivity (Wildman–Crippen MR) is 91.6 cm³/mol. The van der Waals surface area contributed by atoms with Gasteiger partial charge in [0.2, 0.25) is 0 Å². The number of quaternary nitrogens is 1. The molecule has 0 aliphatic carbocycles. The van der Waals surface area contributed by atoms with Crippen LogP contribution in [0.5, 0.6) is 0 Å². The molecular formula is C18H22FN2OS+. The molecule has 2 aromatic rings. The largest absolute Gasteiger partial charge is 0.335 e. The summed E-state index contributed by atoms with van der Waals surface area (Å²) in [4.78, 5) is 16.7. The fourth-order valence-electron chi connectivity index (χ4n) is 2.25. The first-order valence-corrected chi connectivity index (χ1v) is 8.40. The summed E-state index contributed by atoms with van der Waals surface area (Å²) in [5.41, 5.74) is 0.928. The molecule has 0 aliphatic rings. The van der Waals surface area contributed by atoms with Crippen molar-refractivity contribution in [2.75, 3.05) is 13.1 Å². The molecule has 0 saturated carbocycles. The van der Waals surface area contributed by atoms with Crippen LogP contribution < -0.4 is 5.32 Å². The van der Waals surface area contributed by atoms with E-state index in [4.69, 9.17) is 0 Å². The molecule has 3 nitrogen and oxygen atoms in total. The third kappa shape index (κ3) is 5.62. The van der Waals surface area contributed by atoms with E-state index in [1.165, 1.54) is 17.0 Å². The smallest absolute Gasteiger partial charge is 0.278 e. The first kappa shape index (κ1) is 17.4. The number of nitrogens with zero attached hydrogens (tertiary/aromatic N) is 1. The quantitative estimate of drug-likeness (QED) is 0.585. The number of hydrogen-bond acceptors (Lipinski definition) is 2. The first-order valence-electron chi connectivity index (χ1n) is 7.58. The maximum absolute atomic E-state index is 13.0. The molecule has 0 spiro atoms. The van der Waals surface area contributed by atoms with Gasteiger partial charge in [-0.2, -0.15) is 0 Å². The molecule has 5 heteroatoms. The number of carbonyl (C=O) groups is 1. The summed E-state index contributed by atoms with van der Waals surface area (Å²) in [6.45, 7) is 7.88. The number of benzene rings is 1. The maximum atomic E-state index is 13.0. The van der Waals surface area contributed by atoms with E-state index in [1.54, 1.807) is 29.5 Å². The topological polar surface area (TPSA) is 36.9 Å². The first-order chi connectivity index (χ1) is 11.1. The molecule has 0 fully saturated rings. The average molecular weight is 333 g/mol. The lowest BCUT2D eigenvalue weighted by atomic mass is 10.2. The van der Waals surface area contributed by atoms with E-state index in [0.717, 1.165) is 10.4 Å². The summed E-state index contributed by atoms with van der Waals surface area (Å²) < 4.78 is 13.0. The molecular weight excluding hydrogens is 311 g/mol. The highest BCUT2D eigenvalue weighted by molar-refractivity contribution is 7.11. The number of carbonyl (C=O) groups excluding carboxylic acids is 1. The molecule has 23 heavy (non-hydrogen) atoms. The Morgan fingerprint density at radius 3 is 2.61 bits per heavy atom. The Labute approximate surface area is 140 Å². The van der Waals surface area contributed by atoms with Crippen LogP contribution in [0.1, 0.15) is 15.3 Å². The second kappa shape index (κ2) is 8.60. The molecule has 0 saturated heterocycles. The Morgan fingerprint density at radius 2 is 2.00 bits per heavy atom. The summed E-state index contributed by atoms with van der Waals surface area (Å²) in [6.07, 6.45) is 1.78. The molecule has 0 atom stereocenters. The maximum Gasteiger partial charge on any atom is 0.278 e. The average Bonchev–Trinajstić information content (AvgIpc) is 2.94. The summed E-state index contributed by atoms with van der Waals surface area (Å²) in [5, 5.41) is 1.92. The van der Waals surface area contributed by atoms with Crippen molar-refractivity contribution in [3.05, 3.63) is 70.2 Å². The van der Waals surface area contributed by atoms with E-state index in [1.807, 2.05) is 10.2 Å². The highest BCUT2D eigenvalue weighted by Crippen LogP contribution is 2.18. The van der Waals surface area contributed by atoms with Gasteiger partial charge in [-0.05, 0) is 42.8 Å². The van der Waals surface area contributed by atoms with Gasteiger partial charge in [-0.3, -0.25) is 4.79 Å². The van der Waals surface area contributed by atoms with Crippen LogP contribution >= 0.6 is 11.3 Å². The van der Waals surface area contributed by atoms with Gasteiger partial charge < -0.3 is 10.2 Å². The van der Waals surface area contributed by atoms with Gasteiger partial charge in [0.1, 0.15) is 5.82 Å². The Hall–Kier alpha value is -1.98. The summed E-state index contributed by atoms with van der Waals surface area (Å²) in [5.74, 6) is -0.193. The van der Waals surface area contributed by atoms with Gasteiger partial charge in [0.25, 0.3) is 5.91 Å². The highest BCUT2D eigenvalue weighted by Gasteiger charge is 2.16. The van der Waals surface area contributed by atoms with E-state index in [0.29, 0.717) is 26.2 Å². The minimum Gasteiger partial charge on any atom is -0.335 e. The van der Waals surface area contributed by atoms with E-state index in [9.17, 15) is 9.18 Å². The van der Waals surface area contributed by atoms with Gasteiger partial charge in [-0.25, -0.2) is 4.39 Å². The zero-order valence-corrected chi connectivity index (χ0v) is 14.1. The monoisotopic (exact) mass is 333 g/mol. The van der Waals surface area contributed by atoms with Crippen molar-refractivity contribution in [2.24, 2.45) is 0 Å². The normalized spacial score (nSPS) is 10.5. The Balaban J connectivity index is 2.07. The second-order valence-electron chi connectivity index (χ2n) is 5.41. The van der Waals surface area contributed by atoms with Gasteiger partial charge in [0.15, 0.2) is 6.54 Å². The van der Waals surface area contributed by atoms with Crippen molar-refractivity contribution in [3.8, 4) is 0 Å². The lowest BCUT2D eigenvalue weighted by molar-refractivity contribution is -0.635. The molecule has 0 aliphatic heterocycles. The van der Waals surface area contributed by atoms with Crippen LogP contribution in [0.4, 0.5) is 4.39 Å². The van der Waals surface area contributed by atoms with Crippen LogP contribution in [0.3, 0.4) is 0 Å². The molecule has 1 heterocycles. The molecule has 0 bridgehead atoms. The minimum atomic E-state index is -0.264. The van der Waals surface area contributed by atoms with Gasteiger partial charge in [0, 0.05) is 16.3 Å². The number of aryl methyl sites for hydroxylation is 1. The third-order valence-electron chi connectivity index (χ3n) is 3.43. The Bertz CT molecular complexity index is 651. The number of amides is 1. The molecule has 0 radical (unpaired) electrons. The fraction of sp³-hybridized carbons (Fsp3) is 0.278. The number of halogens is 1. The van der Waals surface area contributed by atoms with Crippen molar-refractivity contribution in [2.45, 2.75) is 20.0 Å². The van der Waals surface area contributed by atoms with Crippen molar-refractivity contribution < 1.29 is 14.5 Å². The molecule has 122 valence electrons. The summed E-state index contributed by atoms with van der Waals surface area (Å²) >= 11 is 1.69. The zero-order valence-electron chi connectivity index (χ0n) is 13.3. The van der Waals surface area contributed by atoms with Crippen molar-refractivity contribution in [1.82, 2.24) is 4.90 Å². The molecule has 1 amide bonds. The van der Waals surface area contributed by atoms with Crippen LogP contribution in [-0.4, -0.2) is 23.9 Å². The minimum absolute atomic E-state index is 0.0715. The zero-order chi connectivity index (χ0) is 16.7. The van der Waals surface area contributed by atoms with Crippen LogP contribution in [0.2, 0.25) is 0 Å². The number of nitrogens with two attached hydrogens (primary N) is 1. The molecule has 0 unspecified atom stereocenters. The number of hydrogen-bond donors (Lipinski definition) is 1. The van der Waals surface area contributed by atoms with Crippen molar-refractivity contribution in [1.29, 1.82) is 0 Å². The lowest BCUT2D eigenvalue weighted by Crippen LogP contribution is -2.86. The Kier molecular flexibility index (Phi) is 6.50. The van der Waals surface area contributed by atoms with Crippen molar-refractivity contribution in [3.63, 3.8) is 0 Å². The molecule has 2 rings (SSSR count). The van der Waals surface area contributed by atoms with Gasteiger partial charge >= 0.3 is 0 Å². The standard InChI is InChI=1S/C18H21FN2OS/c1-3-10-20-11-18(22)21(13-17-9-4-14(2)23-17)12-15-5-7-16(19)8-6-15/h3-9,20H,1,10-13H2,2H3/p+1. The van der Waals surface area contributed by atoms with Crippen molar-refractivity contribution >= 4 is 17.2 Å². The molecule has 1 aromatic heterocycles. The van der Waals surface area contributed by atoms with Crippen LogP contribution in [0.15, 0.2) is 49.1 Å². The van der Waals surface area contributed by atoms with Crippen LogP contribution in [0, 0.1) is 12.7 Å². The van der Waals surface area contributed by atoms with E-state index in [-0.39, 0.29) is 11.7 Å². The van der Waals surface area contributed by atoms with Gasteiger partial charge in [-0.1, -0.05) is 18.7 Å². The number of rotatable bonds is 8. The highest BCUT2D eigenvalue weighted by atomic mass is 32.1. The summed E-state index contributed by atoms with van der Waals surface area (Å²) in [6, 6.07) is 10.4.